The van der Waals surface area contributed by atoms with Crippen LogP contribution in [0.4, 0.5) is 0 Å². The molecule has 0 saturated heterocycles. The predicted octanol–water partition coefficient (Wildman–Crippen LogP) is 2.34. The third kappa shape index (κ3) is 3.10. The molecule has 0 aliphatic rings. The molecule has 0 spiro atoms. The summed E-state index contributed by atoms with van der Waals surface area (Å²) in [6.07, 6.45) is 3.34. The molecule has 3 nitrogen and oxygen atoms in total. The van der Waals surface area contributed by atoms with Crippen LogP contribution in [0.15, 0.2) is 12.7 Å². The van der Waals surface area contributed by atoms with E-state index in [1.165, 1.54) is 0 Å². The number of hydrogen-bond acceptors (Lipinski definition) is 2. The minimum absolute atomic E-state index is 0.301. The van der Waals surface area contributed by atoms with Crippen molar-refractivity contribution in [2.45, 2.75) is 27.3 Å². The molecular weight excluding hydrogens is 230 g/mol. The molecule has 1 unspecified atom stereocenters. The number of hydrogen-bond donors (Lipinski definition) is 0. The Morgan fingerprint density at radius 2 is 2.15 bits per heavy atom. The zero-order valence-corrected chi connectivity index (χ0v) is 9.95. The molecule has 74 valence electrons. The highest BCUT2D eigenvalue weighted by molar-refractivity contribution is 9.09. The largest absolute Gasteiger partial charge is 0.253 e. The second kappa shape index (κ2) is 4.22. The van der Waals surface area contributed by atoms with Crippen molar-refractivity contribution >= 4 is 15.9 Å². The fraction of sp³-hybridized carbons (Fsp3) is 0.778. The summed E-state index contributed by atoms with van der Waals surface area (Å²) in [6, 6.07) is 0. The van der Waals surface area contributed by atoms with E-state index in [0.717, 1.165) is 11.9 Å². The lowest BCUT2D eigenvalue weighted by Crippen LogP contribution is -2.26. The van der Waals surface area contributed by atoms with Crippen molar-refractivity contribution in [2.24, 2.45) is 11.3 Å². The molecule has 0 aromatic carbocycles. The van der Waals surface area contributed by atoms with Gasteiger partial charge in [0.15, 0.2) is 0 Å². The topological polar surface area (TPSA) is 30.7 Å². The monoisotopic (exact) mass is 245 g/mol. The lowest BCUT2D eigenvalue weighted by molar-refractivity contribution is 0.232. The normalized spacial score (nSPS) is 14.5. The molecular formula is C9H16BrN3. The second-order valence-corrected chi connectivity index (χ2v) is 4.98. The van der Waals surface area contributed by atoms with Gasteiger partial charge in [-0.05, 0) is 11.3 Å². The van der Waals surface area contributed by atoms with Gasteiger partial charge in [0.25, 0.3) is 0 Å². The first kappa shape index (κ1) is 10.7. The number of aromatic nitrogens is 3. The summed E-state index contributed by atoms with van der Waals surface area (Å²) in [4.78, 5) is 3.93. The summed E-state index contributed by atoms with van der Waals surface area (Å²) in [6.45, 7) is 7.66. The molecule has 0 aliphatic heterocycles. The summed E-state index contributed by atoms with van der Waals surface area (Å²) in [7, 11) is 0. The Balaban J connectivity index is 2.60. The van der Waals surface area contributed by atoms with Crippen molar-refractivity contribution in [1.29, 1.82) is 0 Å². The minimum atomic E-state index is 0.301. The number of nitrogens with zero attached hydrogens (tertiary/aromatic N) is 3. The number of alkyl halides is 1. The second-order valence-electron chi connectivity index (χ2n) is 4.33. The zero-order valence-electron chi connectivity index (χ0n) is 8.37. The molecule has 0 bridgehead atoms. The molecule has 1 aromatic rings. The van der Waals surface area contributed by atoms with Crippen molar-refractivity contribution < 1.29 is 0 Å². The summed E-state index contributed by atoms with van der Waals surface area (Å²) in [5.41, 5.74) is 0.301. The fourth-order valence-electron chi connectivity index (χ4n) is 1.11. The lowest BCUT2D eigenvalue weighted by atomic mass is 9.82. The third-order valence-corrected chi connectivity index (χ3v) is 3.07. The average molecular weight is 246 g/mol. The van der Waals surface area contributed by atoms with Gasteiger partial charge in [-0.2, -0.15) is 5.10 Å². The highest BCUT2D eigenvalue weighted by atomic mass is 79.9. The molecule has 0 N–H and O–H groups in total. The highest BCUT2D eigenvalue weighted by Crippen LogP contribution is 2.28. The van der Waals surface area contributed by atoms with Gasteiger partial charge >= 0.3 is 0 Å². The van der Waals surface area contributed by atoms with Crippen molar-refractivity contribution in [3.05, 3.63) is 12.7 Å². The van der Waals surface area contributed by atoms with Crippen LogP contribution in [0.5, 0.6) is 0 Å². The van der Waals surface area contributed by atoms with Crippen molar-refractivity contribution in [2.75, 3.05) is 5.33 Å². The van der Waals surface area contributed by atoms with E-state index in [-0.39, 0.29) is 0 Å². The van der Waals surface area contributed by atoms with Gasteiger partial charge in [0, 0.05) is 11.9 Å². The average Bonchev–Trinajstić information content (AvgIpc) is 2.49. The van der Waals surface area contributed by atoms with Crippen LogP contribution >= 0.6 is 15.9 Å². The Morgan fingerprint density at radius 1 is 1.46 bits per heavy atom. The Kier molecular flexibility index (Phi) is 3.47. The molecule has 0 amide bonds. The zero-order chi connectivity index (χ0) is 9.90. The minimum Gasteiger partial charge on any atom is -0.253 e. The SMILES string of the molecule is CC(C)(C)C(CBr)Cn1cncn1. The maximum Gasteiger partial charge on any atom is 0.137 e. The van der Waals surface area contributed by atoms with Crippen LogP contribution in [0.3, 0.4) is 0 Å². The Labute approximate surface area is 87.7 Å². The van der Waals surface area contributed by atoms with E-state index in [1.54, 1.807) is 12.7 Å². The van der Waals surface area contributed by atoms with Gasteiger partial charge in [-0.1, -0.05) is 36.7 Å². The Hall–Kier alpha value is -0.380. The van der Waals surface area contributed by atoms with Gasteiger partial charge < -0.3 is 0 Å². The van der Waals surface area contributed by atoms with Crippen LogP contribution < -0.4 is 0 Å². The fourth-order valence-corrected chi connectivity index (χ4v) is 2.28. The molecule has 13 heavy (non-hydrogen) atoms. The Bertz CT molecular complexity index is 238. The van der Waals surface area contributed by atoms with Crippen LogP contribution in [-0.2, 0) is 6.54 Å². The molecule has 1 atom stereocenters. The van der Waals surface area contributed by atoms with E-state index in [4.69, 9.17) is 0 Å². The first-order chi connectivity index (χ1) is 6.04. The first-order valence-corrected chi connectivity index (χ1v) is 5.54. The van der Waals surface area contributed by atoms with E-state index < -0.39 is 0 Å². The van der Waals surface area contributed by atoms with Crippen molar-refractivity contribution in [3.8, 4) is 0 Å². The van der Waals surface area contributed by atoms with Crippen molar-refractivity contribution in [3.63, 3.8) is 0 Å². The van der Waals surface area contributed by atoms with Crippen LogP contribution in [-0.4, -0.2) is 20.1 Å². The molecule has 0 aliphatic carbocycles. The van der Waals surface area contributed by atoms with Gasteiger partial charge in [-0.3, -0.25) is 4.68 Å². The standard InChI is InChI=1S/C9H16BrN3/c1-9(2,3)8(4-10)5-13-7-11-6-12-13/h6-8H,4-5H2,1-3H3. The quantitative estimate of drug-likeness (QED) is 0.766. The predicted molar refractivity (Wildman–Crippen MR) is 56.8 cm³/mol. The van der Waals surface area contributed by atoms with Gasteiger partial charge in [-0.25, -0.2) is 4.98 Å². The molecule has 4 heteroatoms. The van der Waals surface area contributed by atoms with Crippen LogP contribution in [0, 0.1) is 11.3 Å². The Morgan fingerprint density at radius 3 is 2.54 bits per heavy atom. The summed E-state index contributed by atoms with van der Waals surface area (Å²) in [5.74, 6) is 0.578. The van der Waals surface area contributed by atoms with Crippen LogP contribution in [0.25, 0.3) is 0 Å². The molecule has 0 fully saturated rings. The van der Waals surface area contributed by atoms with E-state index in [0.29, 0.717) is 11.3 Å². The molecule has 0 radical (unpaired) electrons. The molecule has 1 heterocycles. The van der Waals surface area contributed by atoms with E-state index in [9.17, 15) is 0 Å². The summed E-state index contributed by atoms with van der Waals surface area (Å²) >= 11 is 3.54. The van der Waals surface area contributed by atoms with E-state index >= 15 is 0 Å². The van der Waals surface area contributed by atoms with Crippen LogP contribution in [0.2, 0.25) is 0 Å². The highest BCUT2D eigenvalue weighted by Gasteiger charge is 2.23. The summed E-state index contributed by atoms with van der Waals surface area (Å²) in [5, 5.41) is 5.10. The summed E-state index contributed by atoms with van der Waals surface area (Å²) < 4.78 is 1.89. The van der Waals surface area contributed by atoms with Crippen LogP contribution in [0.1, 0.15) is 20.8 Å². The maximum atomic E-state index is 4.10. The van der Waals surface area contributed by atoms with Gasteiger partial charge in [0.2, 0.25) is 0 Å². The van der Waals surface area contributed by atoms with Gasteiger partial charge in [0.1, 0.15) is 12.7 Å². The maximum absolute atomic E-state index is 4.10. The number of rotatable bonds is 3. The smallest absolute Gasteiger partial charge is 0.137 e. The molecule has 1 rings (SSSR count). The van der Waals surface area contributed by atoms with E-state index in [1.807, 2.05) is 4.68 Å². The van der Waals surface area contributed by atoms with Gasteiger partial charge in [0.05, 0.1) is 0 Å². The third-order valence-electron chi connectivity index (χ3n) is 2.29. The van der Waals surface area contributed by atoms with E-state index in [2.05, 4.69) is 46.8 Å². The number of halogens is 1. The lowest BCUT2D eigenvalue weighted by Gasteiger charge is -2.28. The first-order valence-electron chi connectivity index (χ1n) is 4.42. The van der Waals surface area contributed by atoms with Gasteiger partial charge in [-0.15, -0.1) is 0 Å². The molecule has 1 aromatic heterocycles. The van der Waals surface area contributed by atoms with Crippen molar-refractivity contribution in [1.82, 2.24) is 14.8 Å². The molecule has 0 saturated carbocycles.